The van der Waals surface area contributed by atoms with Crippen molar-refractivity contribution < 1.29 is 9.90 Å². The summed E-state index contributed by atoms with van der Waals surface area (Å²) in [5, 5.41) is 12.4. The molecule has 1 fully saturated rings. The van der Waals surface area contributed by atoms with Crippen LogP contribution in [-0.4, -0.2) is 17.1 Å². The monoisotopic (exact) mass is 281 g/mol. The van der Waals surface area contributed by atoms with Gasteiger partial charge in [0, 0.05) is 22.3 Å². The molecule has 0 radical (unpaired) electrons. The van der Waals surface area contributed by atoms with Crippen LogP contribution in [0, 0.1) is 0 Å². The number of rotatable bonds is 5. The van der Waals surface area contributed by atoms with E-state index in [9.17, 15) is 4.79 Å². The predicted molar refractivity (Wildman–Crippen MR) is 78.6 cm³/mol. The van der Waals surface area contributed by atoms with E-state index < -0.39 is 5.97 Å². The first kappa shape index (κ1) is 14.5. The maximum absolute atomic E-state index is 10.6. The van der Waals surface area contributed by atoms with E-state index >= 15 is 0 Å². The Hall–Kier alpha value is -0.870. The van der Waals surface area contributed by atoms with Crippen molar-refractivity contribution in [2.75, 3.05) is 0 Å². The maximum Gasteiger partial charge on any atom is 0.308 e. The second-order valence-electron chi connectivity index (χ2n) is 5.36. The van der Waals surface area contributed by atoms with Crippen LogP contribution in [0.25, 0.3) is 0 Å². The zero-order chi connectivity index (χ0) is 13.5. The molecule has 0 aromatic carbocycles. The van der Waals surface area contributed by atoms with Crippen molar-refractivity contribution in [2.45, 2.75) is 64.0 Å². The Morgan fingerprint density at radius 1 is 1.16 bits per heavy atom. The lowest BCUT2D eigenvalue weighted by Gasteiger charge is -2.20. The molecule has 4 heteroatoms. The molecule has 1 saturated carbocycles. The van der Waals surface area contributed by atoms with Crippen LogP contribution >= 0.6 is 11.3 Å². The van der Waals surface area contributed by atoms with E-state index in [4.69, 9.17) is 5.11 Å². The SMILES string of the molecule is O=C(O)Cc1ccc(CNC2CCCCCCC2)s1. The van der Waals surface area contributed by atoms with Crippen LogP contribution in [0.15, 0.2) is 12.1 Å². The number of nitrogens with one attached hydrogen (secondary N) is 1. The molecule has 0 amide bonds. The number of carbonyl (C=O) groups is 1. The van der Waals surface area contributed by atoms with Crippen LogP contribution in [0.1, 0.15) is 54.7 Å². The maximum atomic E-state index is 10.6. The number of hydrogen-bond donors (Lipinski definition) is 2. The van der Waals surface area contributed by atoms with Crippen LogP contribution in [-0.2, 0) is 17.8 Å². The Bertz CT molecular complexity index is 395. The lowest BCUT2D eigenvalue weighted by atomic mass is 9.97. The highest BCUT2D eigenvalue weighted by Crippen LogP contribution is 2.20. The number of thiophene rings is 1. The standard InChI is InChI=1S/C15H23NO2S/c17-15(18)10-13-8-9-14(19-13)11-16-12-6-4-2-1-3-5-7-12/h8-9,12,16H,1-7,10-11H2,(H,17,18). The van der Waals surface area contributed by atoms with E-state index in [1.165, 1.54) is 49.8 Å². The molecule has 0 spiro atoms. The molecule has 1 heterocycles. The Kier molecular flexibility index (Phi) is 5.86. The quantitative estimate of drug-likeness (QED) is 0.867. The van der Waals surface area contributed by atoms with E-state index in [2.05, 4.69) is 11.4 Å². The number of carboxylic acids is 1. The Morgan fingerprint density at radius 3 is 2.47 bits per heavy atom. The number of hydrogen-bond acceptors (Lipinski definition) is 3. The molecule has 1 aliphatic rings. The minimum Gasteiger partial charge on any atom is -0.481 e. The third-order valence-corrected chi connectivity index (χ3v) is 4.80. The minimum absolute atomic E-state index is 0.147. The van der Waals surface area contributed by atoms with Crippen LogP contribution in [0.5, 0.6) is 0 Å². The van der Waals surface area contributed by atoms with E-state index in [1.807, 2.05) is 6.07 Å². The van der Waals surface area contributed by atoms with Gasteiger partial charge >= 0.3 is 5.97 Å². The first-order valence-electron chi connectivity index (χ1n) is 7.27. The highest BCUT2D eigenvalue weighted by Gasteiger charge is 2.11. The topological polar surface area (TPSA) is 49.3 Å². The molecule has 2 rings (SSSR count). The van der Waals surface area contributed by atoms with Crippen LogP contribution < -0.4 is 5.32 Å². The highest BCUT2D eigenvalue weighted by atomic mass is 32.1. The first-order chi connectivity index (χ1) is 9.24. The number of aliphatic carboxylic acids is 1. The molecule has 0 unspecified atom stereocenters. The third-order valence-electron chi connectivity index (χ3n) is 3.71. The molecule has 3 nitrogen and oxygen atoms in total. The summed E-state index contributed by atoms with van der Waals surface area (Å²) in [4.78, 5) is 12.8. The van der Waals surface area contributed by atoms with E-state index in [1.54, 1.807) is 11.3 Å². The van der Waals surface area contributed by atoms with Crippen molar-refractivity contribution in [3.05, 3.63) is 21.9 Å². The second-order valence-corrected chi connectivity index (χ2v) is 6.61. The van der Waals surface area contributed by atoms with Crippen molar-refractivity contribution in [2.24, 2.45) is 0 Å². The van der Waals surface area contributed by atoms with Crippen molar-refractivity contribution in [1.29, 1.82) is 0 Å². The Labute approximate surface area is 119 Å². The summed E-state index contributed by atoms with van der Waals surface area (Å²) in [6.07, 6.45) is 9.55. The van der Waals surface area contributed by atoms with Crippen LogP contribution in [0.4, 0.5) is 0 Å². The minimum atomic E-state index is -0.749. The molecule has 0 atom stereocenters. The zero-order valence-electron chi connectivity index (χ0n) is 11.4. The summed E-state index contributed by atoms with van der Waals surface area (Å²) in [6, 6.07) is 4.64. The largest absolute Gasteiger partial charge is 0.481 e. The van der Waals surface area contributed by atoms with Gasteiger partial charge in [-0.05, 0) is 25.0 Å². The molecule has 106 valence electrons. The number of carboxylic acid groups (broad SMARTS) is 1. The molecule has 1 aromatic heterocycles. The summed E-state index contributed by atoms with van der Waals surface area (Å²) in [5.74, 6) is -0.749. The van der Waals surface area contributed by atoms with E-state index in [-0.39, 0.29) is 6.42 Å². The van der Waals surface area contributed by atoms with Gasteiger partial charge in [-0.1, -0.05) is 32.1 Å². The summed E-state index contributed by atoms with van der Waals surface area (Å²) < 4.78 is 0. The van der Waals surface area contributed by atoms with Gasteiger partial charge in [0.1, 0.15) is 0 Å². The normalized spacial score (nSPS) is 17.9. The zero-order valence-corrected chi connectivity index (χ0v) is 12.2. The smallest absolute Gasteiger partial charge is 0.308 e. The van der Waals surface area contributed by atoms with Crippen molar-refractivity contribution in [3.63, 3.8) is 0 Å². The molecular weight excluding hydrogens is 258 g/mol. The lowest BCUT2D eigenvalue weighted by Crippen LogP contribution is -2.28. The highest BCUT2D eigenvalue weighted by molar-refractivity contribution is 7.12. The Morgan fingerprint density at radius 2 is 1.79 bits per heavy atom. The van der Waals surface area contributed by atoms with Gasteiger partial charge in [0.2, 0.25) is 0 Å². The van der Waals surface area contributed by atoms with Crippen LogP contribution in [0.2, 0.25) is 0 Å². The second kappa shape index (κ2) is 7.65. The summed E-state index contributed by atoms with van der Waals surface area (Å²) in [7, 11) is 0. The van der Waals surface area contributed by atoms with Gasteiger partial charge in [0.05, 0.1) is 6.42 Å². The molecule has 1 aromatic rings. The van der Waals surface area contributed by atoms with Crippen molar-refractivity contribution in [3.8, 4) is 0 Å². The predicted octanol–water partition coefficient (Wildman–Crippen LogP) is 3.58. The van der Waals surface area contributed by atoms with Gasteiger partial charge in [-0.25, -0.2) is 0 Å². The van der Waals surface area contributed by atoms with E-state index in [0.29, 0.717) is 6.04 Å². The fraction of sp³-hybridized carbons (Fsp3) is 0.667. The fourth-order valence-corrected chi connectivity index (χ4v) is 3.63. The van der Waals surface area contributed by atoms with Gasteiger partial charge < -0.3 is 10.4 Å². The molecule has 2 N–H and O–H groups in total. The molecule has 0 bridgehead atoms. The molecule has 0 aliphatic heterocycles. The van der Waals surface area contributed by atoms with E-state index in [0.717, 1.165) is 11.4 Å². The van der Waals surface area contributed by atoms with Gasteiger partial charge in [-0.3, -0.25) is 4.79 Å². The Balaban J connectivity index is 1.77. The van der Waals surface area contributed by atoms with Gasteiger partial charge in [0.15, 0.2) is 0 Å². The average Bonchev–Trinajstić information content (AvgIpc) is 2.74. The molecular formula is C15H23NO2S. The average molecular weight is 281 g/mol. The summed E-state index contributed by atoms with van der Waals surface area (Å²) in [6.45, 7) is 0.884. The fourth-order valence-electron chi connectivity index (χ4n) is 2.67. The summed E-state index contributed by atoms with van der Waals surface area (Å²) >= 11 is 1.62. The van der Waals surface area contributed by atoms with Crippen molar-refractivity contribution in [1.82, 2.24) is 5.32 Å². The third kappa shape index (κ3) is 5.33. The summed E-state index contributed by atoms with van der Waals surface area (Å²) in [5.41, 5.74) is 0. The molecule has 19 heavy (non-hydrogen) atoms. The first-order valence-corrected chi connectivity index (χ1v) is 8.08. The van der Waals surface area contributed by atoms with Gasteiger partial charge in [0.25, 0.3) is 0 Å². The van der Waals surface area contributed by atoms with Crippen LogP contribution in [0.3, 0.4) is 0 Å². The van der Waals surface area contributed by atoms with Gasteiger partial charge in [-0.15, -0.1) is 11.3 Å². The molecule has 0 saturated heterocycles. The molecule has 1 aliphatic carbocycles. The van der Waals surface area contributed by atoms with Gasteiger partial charge in [-0.2, -0.15) is 0 Å². The van der Waals surface area contributed by atoms with Crippen molar-refractivity contribution >= 4 is 17.3 Å². The lowest BCUT2D eigenvalue weighted by molar-refractivity contribution is -0.136.